The number of hydrogen-bond acceptors (Lipinski definition) is 7. The van der Waals surface area contributed by atoms with E-state index in [1.165, 1.54) is 6.07 Å². The van der Waals surface area contributed by atoms with Gasteiger partial charge in [0.2, 0.25) is 0 Å². The number of hydrogen-bond donors (Lipinski definition) is 1. The van der Waals surface area contributed by atoms with E-state index in [4.69, 9.17) is 13.9 Å². The van der Waals surface area contributed by atoms with Gasteiger partial charge in [-0.2, -0.15) is 0 Å². The van der Waals surface area contributed by atoms with Gasteiger partial charge < -0.3 is 19.0 Å². The highest BCUT2D eigenvalue weighted by molar-refractivity contribution is 8.08. The van der Waals surface area contributed by atoms with Crippen molar-refractivity contribution in [1.82, 2.24) is 0 Å². The summed E-state index contributed by atoms with van der Waals surface area (Å²) < 4.78 is 16.6. The Labute approximate surface area is 167 Å². The maximum Gasteiger partial charge on any atom is 0.349 e. The first-order chi connectivity index (χ1) is 13.5. The molecule has 1 aliphatic heterocycles. The zero-order valence-corrected chi connectivity index (χ0v) is 17.0. The molecule has 1 aromatic heterocycles. The third-order valence-corrected chi connectivity index (χ3v) is 5.07. The molecule has 0 saturated heterocycles. The van der Waals surface area contributed by atoms with E-state index in [-0.39, 0.29) is 11.3 Å². The maximum atomic E-state index is 12.3. The third kappa shape index (κ3) is 4.42. The van der Waals surface area contributed by atoms with Gasteiger partial charge >= 0.3 is 5.63 Å². The van der Waals surface area contributed by atoms with Crippen molar-refractivity contribution in [1.29, 1.82) is 0 Å². The zero-order chi connectivity index (χ0) is 20.1. The lowest BCUT2D eigenvalue weighted by molar-refractivity contribution is 0.322. The topological polar surface area (TPSA) is 81.3 Å². The van der Waals surface area contributed by atoms with E-state index < -0.39 is 5.63 Å². The van der Waals surface area contributed by atoms with Gasteiger partial charge in [-0.15, -0.1) is 11.8 Å². The van der Waals surface area contributed by atoms with Gasteiger partial charge in [0.25, 0.3) is 0 Å². The highest BCUT2D eigenvalue weighted by atomic mass is 32.2. The Morgan fingerprint density at radius 3 is 2.71 bits per heavy atom. The molecule has 0 saturated carbocycles. The van der Waals surface area contributed by atoms with Crippen LogP contribution in [0.3, 0.4) is 0 Å². The maximum absolute atomic E-state index is 12.3. The van der Waals surface area contributed by atoms with E-state index in [2.05, 4.69) is 4.99 Å². The summed E-state index contributed by atoms with van der Waals surface area (Å²) in [5.74, 6) is 2.40. The second-order valence-corrected chi connectivity index (χ2v) is 7.19. The van der Waals surface area contributed by atoms with Crippen LogP contribution in [0.25, 0.3) is 4.91 Å². The summed E-state index contributed by atoms with van der Waals surface area (Å²) in [4.78, 5) is 17.7. The molecule has 0 bridgehead atoms. The minimum atomic E-state index is -0.601. The number of rotatable bonds is 6. The molecule has 1 N–H and O–H groups in total. The number of allylic oxidation sites excluding steroid dienone is 1. The van der Waals surface area contributed by atoms with Crippen LogP contribution < -0.4 is 15.1 Å². The van der Waals surface area contributed by atoms with Crippen molar-refractivity contribution in [2.75, 3.05) is 25.5 Å². The van der Waals surface area contributed by atoms with Crippen LogP contribution in [0.2, 0.25) is 0 Å². The first-order valence-electron chi connectivity index (χ1n) is 9.16. The monoisotopic (exact) mass is 401 g/mol. The Morgan fingerprint density at radius 1 is 1.21 bits per heavy atom. The standard InChI is InChI=1S/C21H23NO5S/c1-4-25-14-6-7-15(18(11-14)26-5-2)19-12-16(22-8-9-28-19)20-17(23)10-13(3)27-21(20)24/h6-7,10-12,23H,4-5,8-9H2,1-3H3. The number of nitrogens with zero attached hydrogens (tertiary/aromatic N) is 1. The molecule has 0 amide bonds. The molecule has 0 unspecified atom stereocenters. The summed E-state index contributed by atoms with van der Waals surface area (Å²) >= 11 is 1.62. The summed E-state index contributed by atoms with van der Waals surface area (Å²) in [5, 5.41) is 10.3. The largest absolute Gasteiger partial charge is 0.507 e. The lowest BCUT2D eigenvalue weighted by Gasteiger charge is -2.14. The highest BCUT2D eigenvalue weighted by Gasteiger charge is 2.20. The normalized spacial score (nSPS) is 14.1. The lowest BCUT2D eigenvalue weighted by Crippen LogP contribution is -2.14. The highest BCUT2D eigenvalue weighted by Crippen LogP contribution is 2.38. The minimum absolute atomic E-state index is 0.0782. The second-order valence-electron chi connectivity index (χ2n) is 6.05. The molecule has 0 radical (unpaired) electrons. The van der Waals surface area contributed by atoms with E-state index in [9.17, 15) is 9.90 Å². The van der Waals surface area contributed by atoms with Crippen molar-refractivity contribution in [3.05, 3.63) is 57.6 Å². The summed E-state index contributed by atoms with van der Waals surface area (Å²) in [7, 11) is 0. The molecule has 28 heavy (non-hydrogen) atoms. The molecular formula is C21H23NO5S. The molecule has 2 aromatic rings. The van der Waals surface area contributed by atoms with Crippen molar-refractivity contribution in [3.8, 4) is 17.2 Å². The first kappa shape index (κ1) is 20.1. The van der Waals surface area contributed by atoms with Crippen molar-refractivity contribution < 1.29 is 19.0 Å². The summed E-state index contributed by atoms with van der Waals surface area (Å²) in [6.45, 7) is 7.08. The van der Waals surface area contributed by atoms with Crippen LogP contribution in [0, 0.1) is 6.92 Å². The fourth-order valence-electron chi connectivity index (χ4n) is 2.91. The minimum Gasteiger partial charge on any atom is -0.507 e. The van der Waals surface area contributed by atoms with E-state index in [0.717, 1.165) is 22.0 Å². The van der Waals surface area contributed by atoms with Crippen molar-refractivity contribution in [3.63, 3.8) is 0 Å². The molecule has 0 fully saturated rings. The summed E-state index contributed by atoms with van der Waals surface area (Å²) in [6.07, 6.45) is 1.80. The fraction of sp³-hybridized carbons (Fsp3) is 0.333. The van der Waals surface area contributed by atoms with Gasteiger partial charge in [-0.05, 0) is 39.0 Å². The second kappa shape index (κ2) is 9.01. The number of thioether (sulfide) groups is 1. The SMILES string of the molecule is CCOc1ccc(C2=CC(c3c(O)cc(C)oc3=O)=NCCS2)c(OCC)c1. The number of benzene rings is 1. The Hall–Kier alpha value is -2.67. The smallest absolute Gasteiger partial charge is 0.349 e. The Morgan fingerprint density at radius 2 is 2.00 bits per heavy atom. The van der Waals surface area contributed by atoms with Crippen LogP contribution in [-0.4, -0.2) is 36.3 Å². The van der Waals surface area contributed by atoms with Crippen LogP contribution in [0.15, 0.2) is 44.5 Å². The van der Waals surface area contributed by atoms with E-state index in [0.29, 0.717) is 37.0 Å². The van der Waals surface area contributed by atoms with Crippen LogP contribution in [-0.2, 0) is 0 Å². The fourth-order valence-corrected chi connectivity index (χ4v) is 3.83. The number of aryl methyl sites for hydroxylation is 1. The van der Waals surface area contributed by atoms with Gasteiger partial charge in [0.05, 0.1) is 18.9 Å². The van der Waals surface area contributed by atoms with Crippen molar-refractivity contribution in [2.45, 2.75) is 20.8 Å². The molecule has 3 rings (SSSR count). The first-order valence-corrected chi connectivity index (χ1v) is 10.1. The van der Waals surface area contributed by atoms with Gasteiger partial charge in [-0.25, -0.2) is 4.79 Å². The molecule has 0 atom stereocenters. The molecule has 2 heterocycles. The molecular weight excluding hydrogens is 378 g/mol. The molecule has 148 valence electrons. The van der Waals surface area contributed by atoms with Crippen molar-refractivity contribution >= 4 is 22.4 Å². The number of ether oxygens (including phenoxy) is 2. The van der Waals surface area contributed by atoms with E-state index in [1.807, 2.05) is 32.0 Å². The summed E-state index contributed by atoms with van der Waals surface area (Å²) in [6, 6.07) is 7.12. The van der Waals surface area contributed by atoms with Gasteiger partial charge in [0.1, 0.15) is 28.6 Å². The number of aliphatic imine (C=N–C) groups is 1. The average Bonchev–Trinajstić information content (AvgIpc) is 2.88. The van der Waals surface area contributed by atoms with Crippen molar-refractivity contribution in [2.24, 2.45) is 4.99 Å². The van der Waals surface area contributed by atoms with Gasteiger partial charge in [0, 0.05) is 34.9 Å². The summed E-state index contributed by atoms with van der Waals surface area (Å²) in [5.41, 5.74) is 0.772. The molecule has 0 spiro atoms. The third-order valence-electron chi connectivity index (χ3n) is 4.04. The quantitative estimate of drug-likeness (QED) is 0.787. The van der Waals surface area contributed by atoms with Crippen LogP contribution in [0.4, 0.5) is 0 Å². The molecule has 0 aliphatic carbocycles. The van der Waals surface area contributed by atoms with Gasteiger partial charge in [-0.3, -0.25) is 4.99 Å². The van der Waals surface area contributed by atoms with Crippen LogP contribution >= 0.6 is 11.8 Å². The molecule has 1 aliphatic rings. The number of aromatic hydroxyl groups is 1. The molecule has 7 heteroatoms. The Kier molecular flexibility index (Phi) is 6.46. The molecule has 1 aromatic carbocycles. The lowest BCUT2D eigenvalue weighted by atomic mass is 10.1. The van der Waals surface area contributed by atoms with Gasteiger partial charge in [0.15, 0.2) is 0 Å². The van der Waals surface area contributed by atoms with E-state index in [1.54, 1.807) is 24.8 Å². The molecule has 6 nitrogen and oxygen atoms in total. The predicted octanol–water partition coefficient (Wildman–Crippen LogP) is 4.03. The van der Waals surface area contributed by atoms with E-state index >= 15 is 0 Å². The van der Waals surface area contributed by atoms with Gasteiger partial charge in [-0.1, -0.05) is 0 Å². The predicted molar refractivity (Wildman–Crippen MR) is 112 cm³/mol. The average molecular weight is 401 g/mol. The zero-order valence-electron chi connectivity index (χ0n) is 16.2. The Balaban J connectivity index is 2.08. The van der Waals surface area contributed by atoms with Crippen LogP contribution in [0.5, 0.6) is 17.2 Å². The Bertz CT molecular complexity index is 977. The van der Waals surface area contributed by atoms with Crippen LogP contribution in [0.1, 0.15) is 30.7 Å².